The quantitative estimate of drug-likeness (QED) is 0.766. The summed E-state index contributed by atoms with van der Waals surface area (Å²) in [5.74, 6) is 0. The molecule has 3 rings (SSSR count). The molecule has 1 aromatic heterocycles. The van der Waals surface area contributed by atoms with Crippen LogP contribution < -0.4 is 4.90 Å². The lowest BCUT2D eigenvalue weighted by atomic mass is 9.85. The van der Waals surface area contributed by atoms with Crippen LogP contribution in [0.25, 0.3) is 0 Å². The molecule has 112 valence electrons. The summed E-state index contributed by atoms with van der Waals surface area (Å²) in [6.45, 7) is 4.51. The molecule has 1 heterocycles. The maximum atomic E-state index is 4.38. The summed E-state index contributed by atoms with van der Waals surface area (Å²) in [7, 11) is 0. The Morgan fingerprint density at radius 1 is 1.00 bits per heavy atom. The van der Waals surface area contributed by atoms with Gasteiger partial charge in [-0.3, -0.25) is 4.98 Å². The van der Waals surface area contributed by atoms with Crippen LogP contribution in [0.4, 0.5) is 11.4 Å². The molecule has 1 aliphatic carbocycles. The lowest BCUT2D eigenvalue weighted by Gasteiger charge is -2.31. The molecular formula is C19H20N2S. The number of hydrogen-bond acceptors (Lipinski definition) is 3. The Kier molecular flexibility index (Phi) is 4.08. The molecule has 3 heteroatoms. The van der Waals surface area contributed by atoms with Crippen LogP contribution in [-0.4, -0.2) is 4.98 Å². The molecule has 0 unspecified atom stereocenters. The van der Waals surface area contributed by atoms with Gasteiger partial charge in [0.15, 0.2) is 0 Å². The molecule has 2 aromatic rings. The first-order chi connectivity index (χ1) is 10.6. The van der Waals surface area contributed by atoms with Gasteiger partial charge in [-0.2, -0.15) is 0 Å². The fourth-order valence-electron chi connectivity index (χ4n) is 2.52. The number of aromatic nitrogens is 1. The second-order valence-corrected chi connectivity index (χ2v) is 6.73. The van der Waals surface area contributed by atoms with Gasteiger partial charge >= 0.3 is 0 Å². The number of thiol groups is 1. The van der Waals surface area contributed by atoms with Crippen molar-refractivity contribution in [3.05, 3.63) is 72.7 Å². The number of hydrogen-bond donors (Lipinski definition) is 1. The van der Waals surface area contributed by atoms with Gasteiger partial charge in [0.25, 0.3) is 0 Å². The highest BCUT2D eigenvalue weighted by molar-refractivity contribution is 7.80. The van der Waals surface area contributed by atoms with Gasteiger partial charge in [0.2, 0.25) is 0 Å². The van der Waals surface area contributed by atoms with Gasteiger partial charge in [-0.25, -0.2) is 0 Å². The van der Waals surface area contributed by atoms with E-state index in [1.54, 1.807) is 0 Å². The second-order valence-electron chi connectivity index (χ2n) is 6.21. The van der Waals surface area contributed by atoms with Crippen molar-refractivity contribution in [3.63, 3.8) is 0 Å². The van der Waals surface area contributed by atoms with E-state index in [-0.39, 0.29) is 5.41 Å². The summed E-state index contributed by atoms with van der Waals surface area (Å²) in [6, 6.07) is 12.3. The van der Waals surface area contributed by atoms with Crippen molar-refractivity contribution in [2.75, 3.05) is 4.90 Å². The fourth-order valence-corrected chi connectivity index (χ4v) is 2.67. The molecule has 0 fully saturated rings. The predicted octanol–water partition coefficient (Wildman–Crippen LogP) is 5.38. The zero-order chi connectivity index (χ0) is 15.6. The summed E-state index contributed by atoms with van der Waals surface area (Å²) in [6.07, 6.45) is 11.5. The monoisotopic (exact) mass is 308 g/mol. The molecule has 0 atom stereocenters. The number of nitrogens with zero attached hydrogens (tertiary/aromatic N) is 2. The first-order valence-corrected chi connectivity index (χ1v) is 7.88. The van der Waals surface area contributed by atoms with E-state index >= 15 is 0 Å². The maximum absolute atomic E-state index is 4.38. The molecule has 0 spiro atoms. The maximum Gasteiger partial charge on any atom is 0.0492 e. The van der Waals surface area contributed by atoms with Crippen molar-refractivity contribution in [1.82, 2.24) is 4.98 Å². The van der Waals surface area contributed by atoms with E-state index in [9.17, 15) is 0 Å². The molecule has 0 N–H and O–H groups in total. The zero-order valence-corrected chi connectivity index (χ0v) is 13.8. The van der Waals surface area contributed by atoms with Crippen molar-refractivity contribution < 1.29 is 0 Å². The van der Waals surface area contributed by atoms with Crippen molar-refractivity contribution in [1.29, 1.82) is 0 Å². The van der Waals surface area contributed by atoms with Crippen LogP contribution in [0, 0.1) is 5.41 Å². The zero-order valence-electron chi connectivity index (χ0n) is 12.9. The molecule has 0 amide bonds. The van der Waals surface area contributed by atoms with E-state index in [0.29, 0.717) is 0 Å². The van der Waals surface area contributed by atoms with E-state index in [1.807, 2.05) is 36.7 Å². The Morgan fingerprint density at radius 3 is 2.23 bits per heavy atom. The van der Waals surface area contributed by atoms with Crippen LogP contribution in [0.5, 0.6) is 0 Å². The fraction of sp³-hybridized carbons (Fsp3) is 0.211. The largest absolute Gasteiger partial charge is 0.311 e. The summed E-state index contributed by atoms with van der Waals surface area (Å²) in [5, 5.41) is 0. The first kappa shape index (κ1) is 14.9. The third kappa shape index (κ3) is 3.25. The second kappa shape index (κ2) is 6.01. The number of allylic oxidation sites excluding steroid dienone is 3. The number of pyridine rings is 1. The normalized spacial score (nSPS) is 16.2. The standard InChI is InChI=1S/C19H20N2S/c1-19(2)11-7-16(8-12-19)21(17-9-13-20-14-10-17)15-3-5-18(22)6-4-15/h3-11,13-14,22H,12H2,1-2H3. The summed E-state index contributed by atoms with van der Waals surface area (Å²) in [4.78, 5) is 7.34. The highest BCUT2D eigenvalue weighted by atomic mass is 32.1. The van der Waals surface area contributed by atoms with Crippen LogP contribution >= 0.6 is 12.6 Å². The molecule has 0 radical (unpaired) electrons. The summed E-state index contributed by atoms with van der Waals surface area (Å²) >= 11 is 4.38. The van der Waals surface area contributed by atoms with E-state index in [4.69, 9.17) is 0 Å². The average molecular weight is 308 g/mol. The van der Waals surface area contributed by atoms with Crippen LogP contribution in [0.2, 0.25) is 0 Å². The Balaban J connectivity index is 2.03. The SMILES string of the molecule is CC1(C)C=CC(N(c2ccncc2)c2ccc(S)cc2)=CC1. The van der Waals surface area contributed by atoms with Gasteiger partial charge in [-0.05, 0) is 54.3 Å². The van der Waals surface area contributed by atoms with E-state index in [2.05, 4.69) is 66.7 Å². The Hall–Kier alpha value is -2.00. The molecule has 0 aliphatic heterocycles. The molecule has 1 aliphatic rings. The van der Waals surface area contributed by atoms with E-state index in [1.165, 1.54) is 5.70 Å². The molecule has 22 heavy (non-hydrogen) atoms. The number of benzene rings is 1. The van der Waals surface area contributed by atoms with Gasteiger partial charge in [0.05, 0.1) is 0 Å². The van der Waals surface area contributed by atoms with Crippen LogP contribution in [0.1, 0.15) is 20.3 Å². The third-order valence-electron chi connectivity index (χ3n) is 3.83. The van der Waals surface area contributed by atoms with Gasteiger partial charge in [-0.15, -0.1) is 12.6 Å². The topological polar surface area (TPSA) is 16.1 Å². The van der Waals surface area contributed by atoms with E-state index < -0.39 is 0 Å². The lowest BCUT2D eigenvalue weighted by molar-refractivity contribution is 0.481. The van der Waals surface area contributed by atoms with Gasteiger partial charge in [-0.1, -0.05) is 26.0 Å². The minimum absolute atomic E-state index is 0.225. The van der Waals surface area contributed by atoms with E-state index in [0.717, 1.165) is 22.7 Å². The van der Waals surface area contributed by atoms with Crippen LogP contribution in [-0.2, 0) is 0 Å². The van der Waals surface area contributed by atoms with Crippen molar-refractivity contribution in [3.8, 4) is 0 Å². The highest BCUT2D eigenvalue weighted by Gasteiger charge is 2.20. The Bertz CT molecular complexity index is 700. The van der Waals surface area contributed by atoms with Gasteiger partial charge in [0, 0.05) is 34.4 Å². The minimum Gasteiger partial charge on any atom is -0.311 e. The van der Waals surface area contributed by atoms with Crippen LogP contribution in [0.3, 0.4) is 0 Å². The summed E-state index contributed by atoms with van der Waals surface area (Å²) < 4.78 is 0. The van der Waals surface area contributed by atoms with Gasteiger partial charge < -0.3 is 4.90 Å². The average Bonchev–Trinajstić information content (AvgIpc) is 2.52. The number of rotatable bonds is 3. The third-order valence-corrected chi connectivity index (χ3v) is 4.13. The van der Waals surface area contributed by atoms with Crippen molar-refractivity contribution in [2.24, 2.45) is 5.41 Å². The minimum atomic E-state index is 0.225. The first-order valence-electron chi connectivity index (χ1n) is 7.44. The van der Waals surface area contributed by atoms with Crippen molar-refractivity contribution >= 4 is 24.0 Å². The molecule has 0 saturated carbocycles. The van der Waals surface area contributed by atoms with Crippen LogP contribution in [0.15, 0.2) is 77.6 Å². The molecular weight excluding hydrogens is 288 g/mol. The van der Waals surface area contributed by atoms with Gasteiger partial charge in [0.1, 0.15) is 0 Å². The Morgan fingerprint density at radius 2 is 1.64 bits per heavy atom. The number of anilines is 2. The van der Waals surface area contributed by atoms with Crippen molar-refractivity contribution in [2.45, 2.75) is 25.2 Å². The molecule has 0 saturated heterocycles. The smallest absolute Gasteiger partial charge is 0.0492 e. The summed E-state index contributed by atoms with van der Waals surface area (Å²) in [5.41, 5.74) is 3.65. The highest BCUT2D eigenvalue weighted by Crippen LogP contribution is 2.35. The Labute approximate surface area is 137 Å². The predicted molar refractivity (Wildman–Crippen MR) is 95.7 cm³/mol. The molecule has 2 nitrogen and oxygen atoms in total. The molecule has 1 aromatic carbocycles. The lowest BCUT2D eigenvalue weighted by Crippen LogP contribution is -2.19. The molecule has 0 bridgehead atoms.